The van der Waals surface area contributed by atoms with Crippen molar-refractivity contribution in [2.45, 2.75) is 18.6 Å². The lowest BCUT2D eigenvalue weighted by Crippen LogP contribution is -2.15. The maximum Gasteiger partial charge on any atom is 0.417 e. The third kappa shape index (κ3) is 2.89. The second-order valence-electron chi connectivity index (χ2n) is 3.86. The van der Waals surface area contributed by atoms with Crippen LogP contribution in [0.4, 0.5) is 13.2 Å². The number of nitrogens with zero attached hydrogens (tertiary/aromatic N) is 1. The molecule has 0 aliphatic carbocycles. The molecule has 0 spiro atoms. The van der Waals surface area contributed by atoms with Gasteiger partial charge in [-0.15, -0.1) is 0 Å². The number of furan rings is 1. The molecule has 1 unspecified atom stereocenters. The summed E-state index contributed by atoms with van der Waals surface area (Å²) in [5, 5.41) is 0. The Kier molecular flexibility index (Phi) is 3.38. The third-order valence-corrected chi connectivity index (χ3v) is 2.49. The number of hydrogen-bond acceptors (Lipinski definition) is 3. The van der Waals surface area contributed by atoms with Crippen molar-refractivity contribution in [3.05, 3.63) is 53.7 Å². The maximum atomic E-state index is 12.3. The van der Waals surface area contributed by atoms with Crippen molar-refractivity contribution >= 4 is 0 Å². The first-order valence-electron chi connectivity index (χ1n) is 5.28. The van der Waals surface area contributed by atoms with Gasteiger partial charge in [0.15, 0.2) is 0 Å². The molecule has 0 saturated carbocycles. The number of nitrogens with two attached hydrogens (primary N) is 1. The Labute approximate surface area is 101 Å². The molecule has 3 nitrogen and oxygen atoms in total. The quantitative estimate of drug-likeness (QED) is 0.918. The minimum atomic E-state index is -4.38. The van der Waals surface area contributed by atoms with Crippen LogP contribution >= 0.6 is 0 Å². The van der Waals surface area contributed by atoms with Crippen LogP contribution < -0.4 is 5.73 Å². The van der Waals surface area contributed by atoms with Crippen LogP contribution in [0.5, 0.6) is 0 Å². The Morgan fingerprint density at radius 3 is 2.56 bits per heavy atom. The standard InChI is InChI=1S/C12H11F3N2O/c13-12(14,15)8-3-4-11(17-7-8)10(16)6-9-2-1-5-18-9/h1-5,7,10H,6,16H2. The van der Waals surface area contributed by atoms with Crippen LogP contribution in [0.2, 0.25) is 0 Å². The van der Waals surface area contributed by atoms with Crippen molar-refractivity contribution in [1.82, 2.24) is 4.98 Å². The van der Waals surface area contributed by atoms with E-state index in [1.54, 1.807) is 12.1 Å². The Morgan fingerprint density at radius 2 is 2.06 bits per heavy atom. The average molecular weight is 256 g/mol. The molecule has 18 heavy (non-hydrogen) atoms. The molecule has 96 valence electrons. The van der Waals surface area contributed by atoms with Gasteiger partial charge in [0.05, 0.1) is 23.6 Å². The molecule has 0 radical (unpaired) electrons. The van der Waals surface area contributed by atoms with Crippen LogP contribution in [-0.4, -0.2) is 4.98 Å². The summed E-state index contributed by atoms with van der Waals surface area (Å²) in [7, 11) is 0. The summed E-state index contributed by atoms with van der Waals surface area (Å²) >= 11 is 0. The van der Waals surface area contributed by atoms with E-state index in [4.69, 9.17) is 10.2 Å². The van der Waals surface area contributed by atoms with E-state index >= 15 is 0 Å². The predicted molar refractivity (Wildman–Crippen MR) is 58.6 cm³/mol. The Morgan fingerprint density at radius 1 is 1.28 bits per heavy atom. The molecule has 2 heterocycles. The Bertz CT molecular complexity index is 491. The summed E-state index contributed by atoms with van der Waals surface area (Å²) in [4.78, 5) is 3.74. The molecule has 0 aromatic carbocycles. The molecule has 2 N–H and O–H groups in total. The zero-order chi connectivity index (χ0) is 13.2. The third-order valence-electron chi connectivity index (χ3n) is 2.49. The second-order valence-corrected chi connectivity index (χ2v) is 3.86. The van der Waals surface area contributed by atoms with Crippen molar-refractivity contribution < 1.29 is 17.6 Å². The van der Waals surface area contributed by atoms with Crippen LogP contribution in [0.3, 0.4) is 0 Å². The van der Waals surface area contributed by atoms with Crippen LogP contribution in [0, 0.1) is 0 Å². The molecule has 0 saturated heterocycles. The van der Waals surface area contributed by atoms with Gasteiger partial charge in [-0.3, -0.25) is 4.98 Å². The van der Waals surface area contributed by atoms with Gasteiger partial charge in [0.25, 0.3) is 0 Å². The number of hydrogen-bond donors (Lipinski definition) is 1. The topological polar surface area (TPSA) is 52.0 Å². The van der Waals surface area contributed by atoms with Crippen LogP contribution in [-0.2, 0) is 12.6 Å². The predicted octanol–water partition coefficient (Wildman–Crippen LogP) is 2.94. The largest absolute Gasteiger partial charge is 0.469 e. The van der Waals surface area contributed by atoms with Gasteiger partial charge in [0.1, 0.15) is 5.76 Å². The fourth-order valence-electron chi connectivity index (χ4n) is 1.54. The summed E-state index contributed by atoms with van der Waals surface area (Å²) in [6, 6.07) is 5.26. The molecule has 0 bridgehead atoms. The molecule has 1 atom stereocenters. The van der Waals surface area contributed by atoms with Crippen molar-refractivity contribution in [2.24, 2.45) is 5.73 Å². The number of rotatable bonds is 3. The van der Waals surface area contributed by atoms with E-state index in [1.165, 1.54) is 12.3 Å². The fraction of sp³-hybridized carbons (Fsp3) is 0.250. The van der Waals surface area contributed by atoms with E-state index < -0.39 is 17.8 Å². The molecule has 0 aliphatic heterocycles. The summed E-state index contributed by atoms with van der Waals surface area (Å²) < 4.78 is 42.1. The van der Waals surface area contributed by atoms with Crippen LogP contribution in [0.1, 0.15) is 23.1 Å². The Balaban J connectivity index is 2.10. The van der Waals surface area contributed by atoms with Crippen molar-refractivity contribution in [3.8, 4) is 0 Å². The van der Waals surface area contributed by atoms with Crippen LogP contribution in [0.25, 0.3) is 0 Å². The van der Waals surface area contributed by atoms with E-state index in [-0.39, 0.29) is 0 Å². The monoisotopic (exact) mass is 256 g/mol. The summed E-state index contributed by atoms with van der Waals surface area (Å²) in [6.45, 7) is 0. The van der Waals surface area contributed by atoms with Crippen molar-refractivity contribution in [1.29, 1.82) is 0 Å². The molecule has 6 heteroatoms. The first-order chi connectivity index (χ1) is 8.47. The lowest BCUT2D eigenvalue weighted by atomic mass is 10.1. The van der Waals surface area contributed by atoms with Gasteiger partial charge in [-0.25, -0.2) is 0 Å². The van der Waals surface area contributed by atoms with E-state index in [2.05, 4.69) is 4.98 Å². The minimum Gasteiger partial charge on any atom is -0.469 e. The lowest BCUT2D eigenvalue weighted by Gasteiger charge is -2.11. The number of aromatic nitrogens is 1. The number of halogens is 3. The van der Waals surface area contributed by atoms with Gasteiger partial charge < -0.3 is 10.2 Å². The maximum absolute atomic E-state index is 12.3. The van der Waals surface area contributed by atoms with E-state index in [0.717, 1.165) is 12.3 Å². The van der Waals surface area contributed by atoms with Gasteiger partial charge in [0.2, 0.25) is 0 Å². The van der Waals surface area contributed by atoms with Crippen LogP contribution in [0.15, 0.2) is 41.1 Å². The number of pyridine rings is 1. The van der Waals surface area contributed by atoms with Crippen molar-refractivity contribution in [2.75, 3.05) is 0 Å². The summed E-state index contributed by atoms with van der Waals surface area (Å²) in [5.41, 5.74) is 5.46. The van der Waals surface area contributed by atoms with Gasteiger partial charge >= 0.3 is 6.18 Å². The molecule has 0 amide bonds. The highest BCUT2D eigenvalue weighted by atomic mass is 19.4. The fourth-order valence-corrected chi connectivity index (χ4v) is 1.54. The SMILES string of the molecule is NC(Cc1ccco1)c1ccc(C(F)(F)F)cn1. The lowest BCUT2D eigenvalue weighted by molar-refractivity contribution is -0.137. The van der Waals surface area contributed by atoms with E-state index in [0.29, 0.717) is 17.9 Å². The highest BCUT2D eigenvalue weighted by Gasteiger charge is 2.30. The highest BCUT2D eigenvalue weighted by Crippen LogP contribution is 2.29. The van der Waals surface area contributed by atoms with Gasteiger partial charge in [0, 0.05) is 12.6 Å². The van der Waals surface area contributed by atoms with E-state index in [1.807, 2.05) is 0 Å². The molecular weight excluding hydrogens is 245 g/mol. The molecule has 2 aromatic rings. The molecule has 0 fully saturated rings. The Hall–Kier alpha value is -1.82. The molecular formula is C12H11F3N2O. The van der Waals surface area contributed by atoms with E-state index in [9.17, 15) is 13.2 Å². The zero-order valence-corrected chi connectivity index (χ0v) is 9.32. The van der Waals surface area contributed by atoms with Gasteiger partial charge in [-0.1, -0.05) is 0 Å². The van der Waals surface area contributed by atoms with Gasteiger partial charge in [-0.2, -0.15) is 13.2 Å². The normalized spacial score (nSPS) is 13.6. The second kappa shape index (κ2) is 4.81. The van der Waals surface area contributed by atoms with Crippen molar-refractivity contribution in [3.63, 3.8) is 0 Å². The molecule has 2 aromatic heterocycles. The molecule has 0 aliphatic rings. The summed E-state index contributed by atoms with van der Waals surface area (Å²) in [6.07, 6.45) is -1.68. The zero-order valence-electron chi connectivity index (χ0n) is 9.32. The first kappa shape index (κ1) is 12.6. The number of alkyl halides is 3. The highest BCUT2D eigenvalue weighted by molar-refractivity contribution is 5.19. The summed E-state index contributed by atoms with van der Waals surface area (Å²) in [5.74, 6) is 0.671. The average Bonchev–Trinajstić information content (AvgIpc) is 2.81. The van der Waals surface area contributed by atoms with Gasteiger partial charge in [-0.05, 0) is 24.3 Å². The minimum absolute atomic E-state index is 0.394. The first-order valence-corrected chi connectivity index (χ1v) is 5.28. The molecule has 2 rings (SSSR count). The smallest absolute Gasteiger partial charge is 0.417 e.